The molecule has 0 bridgehead atoms. The Labute approximate surface area is 57.1 Å². The summed E-state index contributed by atoms with van der Waals surface area (Å²) in [5.41, 5.74) is 5.69. The van der Waals surface area contributed by atoms with E-state index in [0.717, 1.165) is 12.8 Å². The van der Waals surface area contributed by atoms with E-state index in [1.165, 1.54) is 0 Å². The van der Waals surface area contributed by atoms with Crippen LogP contribution in [0.3, 0.4) is 0 Å². The number of nitrogens with two attached hydrogens (primary N) is 1. The van der Waals surface area contributed by atoms with Crippen LogP contribution in [0.25, 0.3) is 0 Å². The highest BCUT2D eigenvalue weighted by Gasteiger charge is 2.05. The van der Waals surface area contributed by atoms with Crippen LogP contribution in [0.2, 0.25) is 0 Å². The Morgan fingerprint density at radius 1 is 1.44 bits per heavy atom. The molecule has 0 saturated heterocycles. The third-order valence-corrected chi connectivity index (χ3v) is 1.55. The summed E-state index contributed by atoms with van der Waals surface area (Å²) in [4.78, 5) is 0. The predicted octanol–water partition coefficient (Wildman–Crippen LogP) is 0.742. The molecule has 3 N–H and O–H groups in total. The SMILES string of the molecule is CC(C)C(N)CCCO. The van der Waals surface area contributed by atoms with Gasteiger partial charge in [0, 0.05) is 12.6 Å². The third kappa shape index (κ3) is 4.43. The van der Waals surface area contributed by atoms with Crippen LogP contribution in [0, 0.1) is 5.92 Å². The van der Waals surface area contributed by atoms with Crippen LogP contribution in [0.15, 0.2) is 0 Å². The Morgan fingerprint density at radius 3 is 2.33 bits per heavy atom. The van der Waals surface area contributed by atoms with Gasteiger partial charge in [0.2, 0.25) is 0 Å². The average molecular weight is 131 g/mol. The van der Waals surface area contributed by atoms with E-state index in [1.54, 1.807) is 0 Å². The molecule has 0 aliphatic rings. The van der Waals surface area contributed by atoms with E-state index < -0.39 is 0 Å². The number of hydrogen-bond acceptors (Lipinski definition) is 2. The van der Waals surface area contributed by atoms with Crippen LogP contribution in [-0.2, 0) is 0 Å². The molecule has 0 amide bonds. The van der Waals surface area contributed by atoms with Crippen molar-refractivity contribution in [2.75, 3.05) is 6.61 Å². The molecule has 1 atom stereocenters. The summed E-state index contributed by atoms with van der Waals surface area (Å²) in [6, 6.07) is 0.261. The molecular weight excluding hydrogens is 114 g/mol. The molecule has 2 nitrogen and oxygen atoms in total. The first kappa shape index (κ1) is 8.92. The highest BCUT2D eigenvalue weighted by molar-refractivity contribution is 4.63. The zero-order valence-corrected chi connectivity index (χ0v) is 6.30. The Balaban J connectivity index is 3.16. The zero-order chi connectivity index (χ0) is 7.28. The highest BCUT2D eigenvalue weighted by atomic mass is 16.2. The van der Waals surface area contributed by atoms with Crippen molar-refractivity contribution >= 4 is 0 Å². The standard InChI is InChI=1S/C7H17NO/c1-6(2)7(8)4-3-5-9/h6-7,9H,3-5,8H2,1-2H3. The van der Waals surface area contributed by atoms with Gasteiger partial charge in [0.25, 0.3) is 0 Å². The molecular formula is C7H17NO. The van der Waals surface area contributed by atoms with Crippen molar-refractivity contribution in [3.8, 4) is 0 Å². The van der Waals surface area contributed by atoms with E-state index in [4.69, 9.17) is 10.8 Å². The highest BCUT2D eigenvalue weighted by Crippen LogP contribution is 2.04. The second kappa shape index (κ2) is 4.77. The van der Waals surface area contributed by atoms with Crippen molar-refractivity contribution in [3.63, 3.8) is 0 Å². The topological polar surface area (TPSA) is 46.2 Å². The molecule has 0 saturated carbocycles. The minimum atomic E-state index is 0.261. The lowest BCUT2D eigenvalue weighted by molar-refractivity contribution is 0.273. The molecule has 0 aromatic carbocycles. The molecule has 0 heterocycles. The van der Waals surface area contributed by atoms with Gasteiger partial charge in [0.15, 0.2) is 0 Å². The van der Waals surface area contributed by atoms with Gasteiger partial charge < -0.3 is 10.8 Å². The molecule has 1 unspecified atom stereocenters. The number of hydrogen-bond donors (Lipinski definition) is 2. The average Bonchev–Trinajstić information content (AvgIpc) is 1.82. The van der Waals surface area contributed by atoms with E-state index in [-0.39, 0.29) is 12.6 Å². The van der Waals surface area contributed by atoms with Crippen LogP contribution in [0.1, 0.15) is 26.7 Å². The van der Waals surface area contributed by atoms with E-state index in [0.29, 0.717) is 5.92 Å². The summed E-state index contributed by atoms with van der Waals surface area (Å²) in [7, 11) is 0. The summed E-state index contributed by atoms with van der Waals surface area (Å²) >= 11 is 0. The van der Waals surface area contributed by atoms with Gasteiger partial charge in [0.05, 0.1) is 0 Å². The van der Waals surface area contributed by atoms with Gasteiger partial charge in [-0.1, -0.05) is 13.8 Å². The number of aliphatic hydroxyl groups is 1. The summed E-state index contributed by atoms with van der Waals surface area (Å²) in [5.74, 6) is 0.538. The Morgan fingerprint density at radius 2 is 2.00 bits per heavy atom. The molecule has 0 spiro atoms. The van der Waals surface area contributed by atoms with Crippen molar-refractivity contribution in [1.29, 1.82) is 0 Å². The molecule has 0 rings (SSSR count). The molecule has 9 heavy (non-hydrogen) atoms. The second-order valence-corrected chi connectivity index (χ2v) is 2.77. The maximum absolute atomic E-state index is 8.44. The lowest BCUT2D eigenvalue weighted by Crippen LogP contribution is -2.26. The van der Waals surface area contributed by atoms with Gasteiger partial charge >= 0.3 is 0 Å². The lowest BCUT2D eigenvalue weighted by Gasteiger charge is -2.13. The monoisotopic (exact) mass is 131 g/mol. The normalized spacial score (nSPS) is 14.3. The van der Waals surface area contributed by atoms with E-state index in [1.807, 2.05) is 0 Å². The van der Waals surface area contributed by atoms with E-state index in [9.17, 15) is 0 Å². The molecule has 56 valence electrons. The van der Waals surface area contributed by atoms with Crippen LogP contribution < -0.4 is 5.73 Å². The minimum absolute atomic E-state index is 0.261. The fraction of sp³-hybridized carbons (Fsp3) is 1.00. The molecule has 0 radical (unpaired) electrons. The first-order valence-electron chi connectivity index (χ1n) is 3.55. The zero-order valence-electron chi connectivity index (χ0n) is 6.30. The molecule has 0 fully saturated rings. The molecule has 0 aromatic heterocycles. The van der Waals surface area contributed by atoms with Crippen LogP contribution >= 0.6 is 0 Å². The van der Waals surface area contributed by atoms with Crippen molar-refractivity contribution < 1.29 is 5.11 Å². The molecule has 2 heteroatoms. The molecule has 0 aromatic rings. The minimum Gasteiger partial charge on any atom is -0.396 e. The molecule has 0 aliphatic carbocycles. The Kier molecular flexibility index (Phi) is 4.72. The van der Waals surface area contributed by atoms with E-state index >= 15 is 0 Å². The predicted molar refractivity (Wildman–Crippen MR) is 39.1 cm³/mol. The maximum Gasteiger partial charge on any atom is 0.0431 e. The lowest BCUT2D eigenvalue weighted by atomic mass is 10.0. The number of rotatable bonds is 4. The fourth-order valence-corrected chi connectivity index (χ4v) is 0.660. The van der Waals surface area contributed by atoms with Gasteiger partial charge in [0.1, 0.15) is 0 Å². The van der Waals surface area contributed by atoms with Crippen LogP contribution in [0.5, 0.6) is 0 Å². The van der Waals surface area contributed by atoms with Crippen molar-refractivity contribution in [3.05, 3.63) is 0 Å². The van der Waals surface area contributed by atoms with Gasteiger partial charge in [-0.25, -0.2) is 0 Å². The Hall–Kier alpha value is -0.0800. The van der Waals surface area contributed by atoms with Crippen LogP contribution in [0.4, 0.5) is 0 Å². The summed E-state index contributed by atoms with van der Waals surface area (Å²) in [5, 5.41) is 8.44. The number of aliphatic hydroxyl groups excluding tert-OH is 1. The maximum atomic E-state index is 8.44. The van der Waals surface area contributed by atoms with E-state index in [2.05, 4.69) is 13.8 Å². The first-order chi connectivity index (χ1) is 4.18. The first-order valence-corrected chi connectivity index (χ1v) is 3.55. The van der Waals surface area contributed by atoms with Crippen molar-refractivity contribution in [1.82, 2.24) is 0 Å². The summed E-state index contributed by atoms with van der Waals surface area (Å²) < 4.78 is 0. The molecule has 0 aliphatic heterocycles. The Bertz CT molecular complexity index is 63.9. The smallest absolute Gasteiger partial charge is 0.0431 e. The largest absolute Gasteiger partial charge is 0.396 e. The van der Waals surface area contributed by atoms with Gasteiger partial charge in [-0.05, 0) is 18.8 Å². The fourth-order valence-electron chi connectivity index (χ4n) is 0.660. The van der Waals surface area contributed by atoms with Gasteiger partial charge in [-0.2, -0.15) is 0 Å². The quantitative estimate of drug-likeness (QED) is 0.591. The van der Waals surface area contributed by atoms with Crippen molar-refractivity contribution in [2.45, 2.75) is 32.7 Å². The van der Waals surface area contributed by atoms with Crippen LogP contribution in [-0.4, -0.2) is 17.8 Å². The van der Waals surface area contributed by atoms with Gasteiger partial charge in [-0.3, -0.25) is 0 Å². The van der Waals surface area contributed by atoms with Gasteiger partial charge in [-0.15, -0.1) is 0 Å². The van der Waals surface area contributed by atoms with Crippen molar-refractivity contribution in [2.24, 2.45) is 11.7 Å². The summed E-state index contributed by atoms with van der Waals surface area (Å²) in [6.45, 7) is 4.46. The second-order valence-electron chi connectivity index (χ2n) is 2.77. The third-order valence-electron chi connectivity index (χ3n) is 1.55. The summed E-state index contributed by atoms with van der Waals surface area (Å²) in [6.07, 6.45) is 1.77.